The van der Waals surface area contributed by atoms with Crippen LogP contribution in [0.3, 0.4) is 0 Å². The number of amides is 2. The quantitative estimate of drug-likeness (QED) is 0.863. The van der Waals surface area contributed by atoms with E-state index in [0.717, 1.165) is 11.3 Å². The average Bonchev–Trinajstić information content (AvgIpc) is 2.73. The van der Waals surface area contributed by atoms with Crippen molar-refractivity contribution in [3.05, 3.63) is 54.1 Å². The van der Waals surface area contributed by atoms with Gasteiger partial charge in [-0.05, 0) is 30.7 Å². The number of nitrogens with zero attached hydrogens (tertiary/aromatic N) is 4. The van der Waals surface area contributed by atoms with Crippen LogP contribution in [0.2, 0.25) is 0 Å². The third kappa shape index (κ3) is 4.93. The van der Waals surface area contributed by atoms with Crippen molar-refractivity contribution in [2.75, 3.05) is 37.7 Å². The molecule has 2 aromatic heterocycles. The van der Waals surface area contributed by atoms with Gasteiger partial charge in [-0.3, -0.25) is 14.8 Å². The molecular weight excluding hydrogens is 346 g/mol. The maximum Gasteiger partial charge on any atom is 0.409 e. The van der Waals surface area contributed by atoms with E-state index in [1.807, 2.05) is 18.2 Å². The number of carbonyl (C=O) groups is 2. The molecule has 142 valence electrons. The van der Waals surface area contributed by atoms with Crippen LogP contribution in [0, 0.1) is 0 Å². The Bertz CT molecular complexity index is 776. The van der Waals surface area contributed by atoms with Crippen molar-refractivity contribution in [2.45, 2.75) is 13.5 Å². The summed E-state index contributed by atoms with van der Waals surface area (Å²) in [4.78, 5) is 36.2. The Kier molecular flexibility index (Phi) is 6.19. The summed E-state index contributed by atoms with van der Waals surface area (Å²) in [5.74, 6) is -0.231. The highest BCUT2D eigenvalue weighted by molar-refractivity contribution is 5.93. The first-order valence-electron chi connectivity index (χ1n) is 8.97. The number of anilines is 1. The van der Waals surface area contributed by atoms with Gasteiger partial charge in [0.05, 0.1) is 6.61 Å². The van der Waals surface area contributed by atoms with Gasteiger partial charge in [0.25, 0.3) is 5.91 Å². The molecule has 1 fully saturated rings. The van der Waals surface area contributed by atoms with Crippen LogP contribution in [-0.2, 0) is 11.3 Å². The third-order valence-electron chi connectivity index (χ3n) is 4.32. The molecule has 1 aliphatic rings. The molecule has 3 heterocycles. The number of rotatable bonds is 5. The van der Waals surface area contributed by atoms with Crippen LogP contribution in [0.25, 0.3) is 0 Å². The summed E-state index contributed by atoms with van der Waals surface area (Å²) in [5, 5.41) is 2.85. The van der Waals surface area contributed by atoms with E-state index in [1.165, 1.54) is 0 Å². The minimum absolute atomic E-state index is 0.231. The van der Waals surface area contributed by atoms with Gasteiger partial charge in [0.15, 0.2) is 0 Å². The number of aromatic nitrogens is 2. The number of piperazine rings is 1. The highest BCUT2D eigenvalue weighted by atomic mass is 16.6. The zero-order valence-corrected chi connectivity index (χ0v) is 15.3. The Morgan fingerprint density at radius 3 is 2.70 bits per heavy atom. The van der Waals surface area contributed by atoms with Crippen molar-refractivity contribution >= 4 is 17.7 Å². The zero-order chi connectivity index (χ0) is 19.1. The summed E-state index contributed by atoms with van der Waals surface area (Å²) < 4.78 is 5.04. The molecule has 2 amide bonds. The van der Waals surface area contributed by atoms with Gasteiger partial charge >= 0.3 is 6.09 Å². The molecule has 8 nitrogen and oxygen atoms in total. The van der Waals surface area contributed by atoms with Gasteiger partial charge in [-0.2, -0.15) is 0 Å². The molecule has 0 spiro atoms. The van der Waals surface area contributed by atoms with Crippen LogP contribution in [0.5, 0.6) is 0 Å². The molecule has 1 N–H and O–H groups in total. The van der Waals surface area contributed by atoms with Gasteiger partial charge in [-0.25, -0.2) is 4.79 Å². The first-order valence-corrected chi connectivity index (χ1v) is 8.97. The predicted octanol–water partition coefficient (Wildman–Crippen LogP) is 1.69. The van der Waals surface area contributed by atoms with E-state index in [2.05, 4.69) is 20.2 Å². The number of pyridine rings is 2. The fourth-order valence-electron chi connectivity index (χ4n) is 2.88. The molecule has 1 aliphatic heterocycles. The van der Waals surface area contributed by atoms with E-state index < -0.39 is 0 Å². The molecule has 8 heteroatoms. The van der Waals surface area contributed by atoms with Crippen molar-refractivity contribution in [3.8, 4) is 0 Å². The van der Waals surface area contributed by atoms with Crippen LogP contribution in [0.1, 0.15) is 23.0 Å². The number of carbonyl (C=O) groups excluding carboxylic acids is 2. The maximum absolute atomic E-state index is 12.4. The lowest BCUT2D eigenvalue weighted by Gasteiger charge is -2.35. The SMILES string of the molecule is CCOC(=O)N1CCN(c2ccnc(C(=O)NCc3cccnc3)c2)CC1. The Morgan fingerprint density at radius 1 is 1.19 bits per heavy atom. The average molecular weight is 369 g/mol. The maximum atomic E-state index is 12.4. The van der Waals surface area contributed by atoms with Crippen molar-refractivity contribution in [2.24, 2.45) is 0 Å². The monoisotopic (exact) mass is 369 g/mol. The number of hydrogen-bond donors (Lipinski definition) is 1. The van der Waals surface area contributed by atoms with Crippen LogP contribution < -0.4 is 10.2 Å². The molecule has 0 bridgehead atoms. The summed E-state index contributed by atoms with van der Waals surface area (Å²) in [6.45, 7) is 5.11. The smallest absolute Gasteiger partial charge is 0.409 e. The van der Waals surface area contributed by atoms with Crippen molar-refractivity contribution in [3.63, 3.8) is 0 Å². The van der Waals surface area contributed by atoms with Crippen molar-refractivity contribution in [1.29, 1.82) is 0 Å². The predicted molar refractivity (Wildman–Crippen MR) is 100 cm³/mol. The van der Waals surface area contributed by atoms with Gasteiger partial charge in [-0.15, -0.1) is 0 Å². The van der Waals surface area contributed by atoms with Gasteiger partial charge in [0, 0.05) is 57.0 Å². The van der Waals surface area contributed by atoms with Gasteiger partial charge < -0.3 is 19.9 Å². The lowest BCUT2D eigenvalue weighted by molar-refractivity contribution is 0.0945. The largest absolute Gasteiger partial charge is 0.450 e. The summed E-state index contributed by atoms with van der Waals surface area (Å²) in [6.07, 6.45) is 4.76. The Labute approximate surface area is 158 Å². The fraction of sp³-hybridized carbons (Fsp3) is 0.368. The Morgan fingerprint density at radius 2 is 2.00 bits per heavy atom. The highest BCUT2D eigenvalue weighted by Gasteiger charge is 2.22. The van der Waals surface area contributed by atoms with E-state index in [1.54, 1.807) is 36.5 Å². The Hall–Kier alpha value is -3.16. The lowest BCUT2D eigenvalue weighted by atomic mass is 10.2. The second kappa shape index (κ2) is 8.98. The zero-order valence-electron chi connectivity index (χ0n) is 15.3. The standard InChI is InChI=1S/C19H23N5O3/c1-2-27-19(26)24-10-8-23(9-11-24)16-5-7-21-17(12-16)18(25)22-14-15-4-3-6-20-13-15/h3-7,12-13H,2,8-11,14H2,1H3,(H,22,25). The second-order valence-electron chi connectivity index (χ2n) is 6.12. The molecular formula is C19H23N5O3. The van der Waals surface area contributed by atoms with E-state index in [0.29, 0.717) is 45.0 Å². The fourth-order valence-corrected chi connectivity index (χ4v) is 2.88. The second-order valence-corrected chi connectivity index (χ2v) is 6.12. The molecule has 1 saturated heterocycles. The molecule has 0 aromatic carbocycles. The lowest BCUT2D eigenvalue weighted by Crippen LogP contribution is -2.49. The summed E-state index contributed by atoms with van der Waals surface area (Å²) >= 11 is 0. The van der Waals surface area contributed by atoms with Gasteiger partial charge in [-0.1, -0.05) is 6.07 Å². The molecule has 0 saturated carbocycles. The normalized spacial score (nSPS) is 14.0. The first-order chi connectivity index (χ1) is 13.2. The summed E-state index contributed by atoms with van der Waals surface area (Å²) in [7, 11) is 0. The van der Waals surface area contributed by atoms with Crippen molar-refractivity contribution < 1.29 is 14.3 Å². The van der Waals surface area contributed by atoms with Gasteiger partial charge in [0.2, 0.25) is 0 Å². The summed E-state index contributed by atoms with van der Waals surface area (Å²) in [6, 6.07) is 7.38. The molecule has 0 unspecified atom stereocenters. The van der Waals surface area contributed by atoms with Crippen LogP contribution in [0.15, 0.2) is 42.9 Å². The number of ether oxygens (including phenoxy) is 1. The molecule has 0 radical (unpaired) electrons. The molecule has 0 atom stereocenters. The van der Waals surface area contributed by atoms with Crippen LogP contribution in [-0.4, -0.2) is 59.7 Å². The third-order valence-corrected chi connectivity index (χ3v) is 4.32. The van der Waals surface area contributed by atoms with Gasteiger partial charge in [0.1, 0.15) is 5.69 Å². The molecule has 3 rings (SSSR count). The summed E-state index contributed by atoms with van der Waals surface area (Å²) in [5.41, 5.74) is 2.21. The van der Waals surface area contributed by atoms with E-state index in [9.17, 15) is 9.59 Å². The Balaban J connectivity index is 1.57. The minimum Gasteiger partial charge on any atom is -0.450 e. The minimum atomic E-state index is -0.276. The number of hydrogen-bond acceptors (Lipinski definition) is 6. The van der Waals surface area contributed by atoms with Crippen LogP contribution in [0.4, 0.5) is 10.5 Å². The van der Waals surface area contributed by atoms with Crippen LogP contribution >= 0.6 is 0 Å². The first kappa shape index (κ1) is 18.6. The van der Waals surface area contributed by atoms with E-state index >= 15 is 0 Å². The molecule has 2 aromatic rings. The molecule has 0 aliphatic carbocycles. The van der Waals surface area contributed by atoms with E-state index in [-0.39, 0.29) is 12.0 Å². The van der Waals surface area contributed by atoms with E-state index in [4.69, 9.17) is 4.74 Å². The van der Waals surface area contributed by atoms with Crippen molar-refractivity contribution in [1.82, 2.24) is 20.2 Å². The topological polar surface area (TPSA) is 87.7 Å². The highest BCUT2D eigenvalue weighted by Crippen LogP contribution is 2.17. The molecule has 27 heavy (non-hydrogen) atoms. The number of nitrogens with one attached hydrogen (secondary N) is 1.